The fourth-order valence-corrected chi connectivity index (χ4v) is 4.44. The van der Waals surface area contributed by atoms with Crippen LogP contribution >= 0.6 is 27.3 Å². The van der Waals surface area contributed by atoms with Gasteiger partial charge in [-0.2, -0.15) is 4.31 Å². The molecule has 0 aliphatic rings. The highest BCUT2D eigenvalue weighted by Gasteiger charge is 2.24. The Balaban J connectivity index is 2.21. The molecule has 0 unspecified atom stereocenters. The van der Waals surface area contributed by atoms with Gasteiger partial charge in [0, 0.05) is 23.4 Å². The van der Waals surface area contributed by atoms with Crippen molar-refractivity contribution in [2.45, 2.75) is 10.8 Å². The molecule has 0 bridgehead atoms. The van der Waals surface area contributed by atoms with E-state index in [1.165, 1.54) is 22.8 Å². The van der Waals surface area contributed by atoms with Gasteiger partial charge in [0.15, 0.2) is 0 Å². The van der Waals surface area contributed by atoms with Crippen molar-refractivity contribution in [2.75, 3.05) is 7.05 Å². The van der Waals surface area contributed by atoms with Gasteiger partial charge in [0.1, 0.15) is 4.21 Å². The average molecular weight is 390 g/mol. The van der Waals surface area contributed by atoms with Crippen molar-refractivity contribution in [2.24, 2.45) is 0 Å². The quantitative estimate of drug-likeness (QED) is 0.852. The standard InChI is InChI=1S/C13H12BrNO4S2/c1-15(7-9-2-4-11(14)5-3-9)21(18,19)12-6-10(8-20-12)13(16)17/h2-6,8H,7H2,1H3,(H,16,17). The van der Waals surface area contributed by atoms with Gasteiger partial charge in [0.25, 0.3) is 10.0 Å². The van der Waals surface area contributed by atoms with E-state index in [9.17, 15) is 13.2 Å². The van der Waals surface area contributed by atoms with Gasteiger partial charge >= 0.3 is 5.97 Å². The maximum Gasteiger partial charge on any atom is 0.336 e. The molecule has 0 fully saturated rings. The maximum atomic E-state index is 12.4. The van der Waals surface area contributed by atoms with Crippen molar-refractivity contribution in [3.05, 3.63) is 51.3 Å². The summed E-state index contributed by atoms with van der Waals surface area (Å²) in [5.41, 5.74) is 0.829. The van der Waals surface area contributed by atoms with Crippen LogP contribution in [0.1, 0.15) is 15.9 Å². The average Bonchev–Trinajstić information content (AvgIpc) is 2.91. The molecule has 2 rings (SSSR count). The molecule has 1 aromatic carbocycles. The maximum absolute atomic E-state index is 12.4. The van der Waals surface area contributed by atoms with Crippen LogP contribution < -0.4 is 0 Å². The first-order valence-electron chi connectivity index (χ1n) is 5.83. The molecular weight excluding hydrogens is 378 g/mol. The van der Waals surface area contributed by atoms with Gasteiger partial charge < -0.3 is 5.11 Å². The number of benzene rings is 1. The van der Waals surface area contributed by atoms with E-state index in [4.69, 9.17) is 5.11 Å². The van der Waals surface area contributed by atoms with E-state index >= 15 is 0 Å². The lowest BCUT2D eigenvalue weighted by Crippen LogP contribution is -2.25. The lowest BCUT2D eigenvalue weighted by Gasteiger charge is -2.16. The van der Waals surface area contributed by atoms with Crippen LogP contribution in [0.5, 0.6) is 0 Å². The van der Waals surface area contributed by atoms with Crippen molar-refractivity contribution in [3.8, 4) is 0 Å². The summed E-state index contributed by atoms with van der Waals surface area (Å²) >= 11 is 4.23. The zero-order valence-corrected chi connectivity index (χ0v) is 14.2. The number of halogens is 1. The normalized spacial score (nSPS) is 11.8. The lowest BCUT2D eigenvalue weighted by atomic mass is 10.2. The first-order valence-corrected chi connectivity index (χ1v) is 8.94. The van der Waals surface area contributed by atoms with Crippen molar-refractivity contribution in [3.63, 3.8) is 0 Å². The minimum atomic E-state index is -3.68. The van der Waals surface area contributed by atoms with Crippen molar-refractivity contribution in [1.82, 2.24) is 4.31 Å². The van der Waals surface area contributed by atoms with E-state index in [2.05, 4.69) is 15.9 Å². The number of carboxylic acids is 1. The Hall–Kier alpha value is -1.22. The summed E-state index contributed by atoms with van der Waals surface area (Å²) in [4.78, 5) is 10.8. The lowest BCUT2D eigenvalue weighted by molar-refractivity contribution is 0.0697. The number of carbonyl (C=O) groups is 1. The molecule has 8 heteroatoms. The molecule has 2 aromatic rings. The highest BCUT2D eigenvalue weighted by Crippen LogP contribution is 2.24. The molecule has 1 N–H and O–H groups in total. The van der Waals surface area contributed by atoms with E-state index in [0.717, 1.165) is 21.4 Å². The number of hydrogen-bond acceptors (Lipinski definition) is 4. The van der Waals surface area contributed by atoms with Crippen LogP contribution in [0.3, 0.4) is 0 Å². The molecule has 0 aliphatic carbocycles. The van der Waals surface area contributed by atoms with Gasteiger partial charge in [-0.25, -0.2) is 13.2 Å². The Labute approximate surface area is 135 Å². The molecule has 0 atom stereocenters. The third kappa shape index (κ3) is 3.70. The number of rotatable bonds is 5. The Morgan fingerprint density at radius 2 is 1.95 bits per heavy atom. The molecule has 5 nitrogen and oxygen atoms in total. The minimum Gasteiger partial charge on any atom is -0.478 e. The topological polar surface area (TPSA) is 74.7 Å². The third-order valence-electron chi connectivity index (χ3n) is 2.81. The first-order chi connectivity index (χ1) is 9.80. The molecule has 1 heterocycles. The highest BCUT2D eigenvalue weighted by atomic mass is 79.9. The second kappa shape index (κ2) is 6.27. The summed E-state index contributed by atoms with van der Waals surface area (Å²) in [5, 5.41) is 10.2. The second-order valence-corrected chi connectivity index (χ2v) is 8.45. The molecule has 0 aliphatic heterocycles. The molecular formula is C13H12BrNO4S2. The van der Waals surface area contributed by atoms with Crippen LogP contribution in [0.15, 0.2) is 44.4 Å². The number of thiophene rings is 1. The van der Waals surface area contributed by atoms with Crippen molar-refractivity contribution >= 4 is 43.3 Å². The highest BCUT2D eigenvalue weighted by molar-refractivity contribution is 9.10. The van der Waals surface area contributed by atoms with Crippen LogP contribution in [0.25, 0.3) is 0 Å². The van der Waals surface area contributed by atoms with Crippen LogP contribution in [-0.4, -0.2) is 30.8 Å². The van der Waals surface area contributed by atoms with Gasteiger partial charge in [-0.3, -0.25) is 0 Å². The Morgan fingerprint density at radius 1 is 1.33 bits per heavy atom. The van der Waals surface area contributed by atoms with E-state index < -0.39 is 16.0 Å². The van der Waals surface area contributed by atoms with Gasteiger partial charge in [-0.1, -0.05) is 28.1 Å². The Kier molecular flexibility index (Phi) is 4.82. The largest absolute Gasteiger partial charge is 0.478 e. The van der Waals surface area contributed by atoms with Gasteiger partial charge in [-0.15, -0.1) is 11.3 Å². The number of aromatic carboxylic acids is 1. The Bertz CT molecular complexity index is 753. The van der Waals surface area contributed by atoms with Gasteiger partial charge in [0.2, 0.25) is 0 Å². The van der Waals surface area contributed by atoms with Crippen molar-refractivity contribution in [1.29, 1.82) is 0 Å². The van der Waals surface area contributed by atoms with E-state index in [1.807, 2.05) is 24.3 Å². The SMILES string of the molecule is CN(Cc1ccc(Br)cc1)S(=O)(=O)c1cc(C(=O)O)cs1. The smallest absolute Gasteiger partial charge is 0.336 e. The number of hydrogen-bond donors (Lipinski definition) is 1. The Morgan fingerprint density at radius 3 is 2.48 bits per heavy atom. The zero-order chi connectivity index (χ0) is 15.6. The summed E-state index contributed by atoms with van der Waals surface area (Å²) in [6.07, 6.45) is 0. The molecule has 1 aromatic heterocycles. The third-order valence-corrected chi connectivity index (χ3v) is 6.55. The second-order valence-electron chi connectivity index (χ2n) is 4.35. The van der Waals surface area contributed by atoms with Crippen LogP contribution in [0, 0.1) is 0 Å². The summed E-state index contributed by atoms with van der Waals surface area (Å²) in [5.74, 6) is -1.14. The number of sulfonamides is 1. The predicted octanol–water partition coefficient (Wildman–Crippen LogP) is 3.03. The number of carboxylic acid groups (broad SMARTS) is 1. The summed E-state index contributed by atoms with van der Waals surface area (Å²) in [6.45, 7) is 0.218. The summed E-state index contributed by atoms with van der Waals surface area (Å²) in [7, 11) is -2.21. The van der Waals surface area contributed by atoms with E-state index in [-0.39, 0.29) is 16.3 Å². The zero-order valence-electron chi connectivity index (χ0n) is 11.0. The van der Waals surface area contributed by atoms with Crippen LogP contribution in [0.4, 0.5) is 0 Å². The van der Waals surface area contributed by atoms with E-state index in [1.54, 1.807) is 0 Å². The predicted molar refractivity (Wildman–Crippen MR) is 84.1 cm³/mol. The van der Waals surface area contributed by atoms with Gasteiger partial charge in [-0.05, 0) is 23.8 Å². The molecule has 0 radical (unpaired) electrons. The van der Waals surface area contributed by atoms with Crippen LogP contribution in [-0.2, 0) is 16.6 Å². The van der Waals surface area contributed by atoms with Gasteiger partial charge in [0.05, 0.1) is 5.56 Å². The summed E-state index contributed by atoms with van der Waals surface area (Å²) in [6, 6.07) is 8.51. The monoisotopic (exact) mass is 389 g/mol. The fourth-order valence-electron chi connectivity index (χ4n) is 1.65. The molecule has 0 amide bonds. The minimum absolute atomic E-state index is 0.0179. The number of nitrogens with zero attached hydrogens (tertiary/aromatic N) is 1. The van der Waals surface area contributed by atoms with Crippen LogP contribution in [0.2, 0.25) is 0 Å². The summed E-state index contributed by atoms with van der Waals surface area (Å²) < 4.78 is 26.9. The molecule has 0 spiro atoms. The first kappa shape index (κ1) is 16.2. The fraction of sp³-hybridized carbons (Fsp3) is 0.154. The molecule has 21 heavy (non-hydrogen) atoms. The van der Waals surface area contributed by atoms with Crippen molar-refractivity contribution < 1.29 is 18.3 Å². The molecule has 0 saturated heterocycles. The molecule has 112 valence electrons. The molecule has 0 saturated carbocycles. The van der Waals surface area contributed by atoms with E-state index in [0.29, 0.717) is 0 Å².